The van der Waals surface area contributed by atoms with Gasteiger partial charge in [-0.25, -0.2) is 0 Å². The van der Waals surface area contributed by atoms with Crippen LogP contribution >= 0.6 is 0 Å². The minimum absolute atomic E-state index is 0.0780. The molecule has 6 rings (SSSR count). The zero-order chi connectivity index (χ0) is 28.4. The first-order valence-electron chi connectivity index (χ1n) is 16.5. The summed E-state index contributed by atoms with van der Waals surface area (Å²) < 4.78 is 13.5. The van der Waals surface area contributed by atoms with Gasteiger partial charge >= 0.3 is 0 Å². The number of hydrogen-bond acceptors (Lipinski definition) is 5. The fourth-order valence-electron chi connectivity index (χ4n) is 11.1. The van der Waals surface area contributed by atoms with E-state index in [9.17, 15) is 9.59 Å². The Balaban J connectivity index is 1.08. The molecular formula is C33H55N3O4. The normalized spacial score (nSPS) is 49.6. The minimum atomic E-state index is -0.327. The van der Waals surface area contributed by atoms with E-state index in [0.717, 1.165) is 43.6 Å². The molecule has 0 unspecified atom stereocenters. The summed E-state index contributed by atoms with van der Waals surface area (Å²) in [6, 6.07) is 0.201. The molecule has 2 heterocycles. The quantitative estimate of drug-likeness (QED) is 0.370. The van der Waals surface area contributed by atoms with E-state index >= 15 is 0 Å². The van der Waals surface area contributed by atoms with E-state index in [2.05, 4.69) is 38.3 Å². The maximum Gasteiger partial charge on any atom is 0.230 e. The first-order chi connectivity index (χ1) is 18.9. The van der Waals surface area contributed by atoms with E-state index < -0.39 is 0 Å². The number of ether oxygens (including phenoxy) is 2. The predicted molar refractivity (Wildman–Crippen MR) is 155 cm³/mol. The fraction of sp³-hybridized carbons (Fsp3) is 0.939. The zero-order valence-corrected chi connectivity index (χ0v) is 26.0. The van der Waals surface area contributed by atoms with E-state index in [0.29, 0.717) is 47.3 Å². The molecule has 0 aromatic carbocycles. The molecule has 2 amide bonds. The number of hydrogen-bond donors (Lipinski definition) is 2. The van der Waals surface area contributed by atoms with Gasteiger partial charge in [0.15, 0.2) is 5.79 Å². The summed E-state index contributed by atoms with van der Waals surface area (Å²) in [6.45, 7) is 11.3. The van der Waals surface area contributed by atoms with E-state index in [4.69, 9.17) is 9.47 Å². The molecule has 12 atom stereocenters. The molecule has 6 aliphatic rings. The van der Waals surface area contributed by atoms with Gasteiger partial charge in [-0.1, -0.05) is 27.7 Å². The largest absolute Gasteiger partial charge is 0.353 e. The van der Waals surface area contributed by atoms with Crippen molar-refractivity contribution in [2.45, 2.75) is 116 Å². The monoisotopic (exact) mass is 557 g/mol. The molecule has 1 spiro atoms. The highest BCUT2D eigenvalue weighted by atomic mass is 16.7. The van der Waals surface area contributed by atoms with Crippen molar-refractivity contribution >= 4 is 11.8 Å². The maximum atomic E-state index is 12.6. The van der Waals surface area contributed by atoms with Gasteiger partial charge in [0.2, 0.25) is 11.8 Å². The molecule has 40 heavy (non-hydrogen) atoms. The van der Waals surface area contributed by atoms with Gasteiger partial charge in [-0.2, -0.15) is 0 Å². The van der Waals surface area contributed by atoms with Crippen molar-refractivity contribution in [3.8, 4) is 0 Å². The standard InChI is InChI=1S/C33H55N3O4/c1-20-9-14-33(39-18-20)21(2)30-27(40-33)16-26-24-8-7-22-15-23(35-29(38)17-28(37)34-19-36(5)6)10-12-31(22,3)25(24)11-13-32(26,30)4/h20-27,30H,7-19H2,1-6H3,(H,34,37)(H,35,38)/t20-,21-,22+,23-,24+,25-,26-,27-,30-,31-,32-,33+/m0/s1. The van der Waals surface area contributed by atoms with E-state index in [1.165, 1.54) is 44.9 Å². The Morgan fingerprint density at radius 2 is 1.68 bits per heavy atom. The molecular weight excluding hydrogens is 502 g/mol. The number of carbonyl (C=O) groups is 2. The van der Waals surface area contributed by atoms with Crippen molar-refractivity contribution in [3.05, 3.63) is 0 Å². The third kappa shape index (κ3) is 4.74. The summed E-state index contributed by atoms with van der Waals surface area (Å²) in [5.41, 5.74) is 0.727. The van der Waals surface area contributed by atoms with Crippen molar-refractivity contribution < 1.29 is 19.1 Å². The third-order valence-corrected chi connectivity index (χ3v) is 13.2. The number of amides is 2. The topological polar surface area (TPSA) is 79.9 Å². The molecule has 6 fully saturated rings. The van der Waals surface area contributed by atoms with Crippen LogP contribution in [0.3, 0.4) is 0 Å². The van der Waals surface area contributed by atoms with Crippen LogP contribution in [0, 0.1) is 52.3 Å². The lowest BCUT2D eigenvalue weighted by Gasteiger charge is -2.61. The fourth-order valence-corrected chi connectivity index (χ4v) is 11.1. The lowest BCUT2D eigenvalue weighted by molar-refractivity contribution is -0.273. The lowest BCUT2D eigenvalue weighted by atomic mass is 9.44. The Morgan fingerprint density at radius 1 is 0.900 bits per heavy atom. The van der Waals surface area contributed by atoms with Gasteiger partial charge in [0, 0.05) is 18.4 Å². The van der Waals surface area contributed by atoms with Crippen molar-refractivity contribution in [3.63, 3.8) is 0 Å². The van der Waals surface area contributed by atoms with Crippen molar-refractivity contribution in [1.29, 1.82) is 0 Å². The lowest BCUT2D eigenvalue weighted by Crippen LogP contribution is -2.56. The van der Waals surface area contributed by atoms with Gasteiger partial charge in [0.1, 0.15) is 6.42 Å². The van der Waals surface area contributed by atoms with Crippen LogP contribution < -0.4 is 10.6 Å². The average molecular weight is 558 g/mol. The summed E-state index contributed by atoms with van der Waals surface area (Å²) in [5, 5.41) is 6.02. The van der Waals surface area contributed by atoms with Crippen molar-refractivity contribution in [1.82, 2.24) is 15.5 Å². The number of nitrogens with zero attached hydrogens (tertiary/aromatic N) is 1. The third-order valence-electron chi connectivity index (χ3n) is 13.2. The highest BCUT2D eigenvalue weighted by Gasteiger charge is 2.69. The number of rotatable bonds is 5. The van der Waals surface area contributed by atoms with Crippen molar-refractivity contribution in [2.24, 2.45) is 52.3 Å². The molecule has 0 bridgehead atoms. The van der Waals surface area contributed by atoms with E-state index in [1.54, 1.807) is 0 Å². The Kier molecular flexibility index (Phi) is 7.60. The minimum Gasteiger partial charge on any atom is -0.353 e. The van der Waals surface area contributed by atoms with Gasteiger partial charge < -0.3 is 20.1 Å². The zero-order valence-electron chi connectivity index (χ0n) is 26.0. The van der Waals surface area contributed by atoms with Gasteiger partial charge in [-0.3, -0.25) is 14.5 Å². The van der Waals surface area contributed by atoms with Crippen LogP contribution in [-0.4, -0.2) is 62.0 Å². The van der Waals surface area contributed by atoms with Crippen LogP contribution in [0.1, 0.15) is 98.3 Å². The Hall–Kier alpha value is -1.18. The second-order valence-electron chi connectivity index (χ2n) is 15.7. The Bertz CT molecular complexity index is 979. The number of nitrogens with one attached hydrogen (secondary N) is 2. The summed E-state index contributed by atoms with van der Waals surface area (Å²) in [7, 11) is 3.80. The first kappa shape index (κ1) is 28.9. The van der Waals surface area contributed by atoms with E-state index in [-0.39, 0.29) is 30.1 Å². The molecule has 0 radical (unpaired) electrons. The highest BCUT2D eigenvalue weighted by Crippen LogP contribution is 2.71. The second kappa shape index (κ2) is 10.5. The van der Waals surface area contributed by atoms with Crippen LogP contribution in [0.15, 0.2) is 0 Å². The van der Waals surface area contributed by atoms with Crippen LogP contribution in [0.25, 0.3) is 0 Å². The predicted octanol–water partition coefficient (Wildman–Crippen LogP) is 4.94. The van der Waals surface area contributed by atoms with Crippen LogP contribution in [0.5, 0.6) is 0 Å². The Morgan fingerprint density at radius 3 is 2.40 bits per heavy atom. The molecule has 7 nitrogen and oxygen atoms in total. The van der Waals surface area contributed by atoms with Crippen LogP contribution in [-0.2, 0) is 19.1 Å². The van der Waals surface area contributed by atoms with E-state index in [1.807, 2.05) is 19.0 Å². The van der Waals surface area contributed by atoms with Gasteiger partial charge in [-0.15, -0.1) is 0 Å². The SMILES string of the molecule is C[C@H]1CC[C@@]2(OC1)O[C@H]1C[C@H]3[C@@H]4CC[C@@H]5C[C@@H](NC(=O)CC(=O)NCN(C)C)CC[C@]5(C)[C@H]4CC[C@]3(C)[C@H]1[C@@H]2C. The van der Waals surface area contributed by atoms with Crippen LogP contribution in [0.2, 0.25) is 0 Å². The molecule has 2 aliphatic heterocycles. The number of fused-ring (bicyclic) bond motifs is 7. The number of carbonyl (C=O) groups excluding carboxylic acids is 2. The molecule has 4 aliphatic carbocycles. The molecule has 0 aromatic heterocycles. The molecule has 2 saturated heterocycles. The maximum absolute atomic E-state index is 12.6. The van der Waals surface area contributed by atoms with Gasteiger partial charge in [0.25, 0.3) is 0 Å². The molecule has 2 N–H and O–H groups in total. The second-order valence-corrected chi connectivity index (χ2v) is 15.7. The van der Waals surface area contributed by atoms with Gasteiger partial charge in [0.05, 0.1) is 19.4 Å². The summed E-state index contributed by atoms with van der Waals surface area (Å²) in [5.74, 6) is 4.10. The summed E-state index contributed by atoms with van der Waals surface area (Å²) >= 11 is 0. The molecule has 226 valence electrons. The summed E-state index contributed by atoms with van der Waals surface area (Å²) in [6.07, 6.45) is 12.4. The average Bonchev–Trinajstić information content (AvgIpc) is 3.34. The smallest absolute Gasteiger partial charge is 0.230 e. The Labute approximate surface area is 242 Å². The van der Waals surface area contributed by atoms with Crippen molar-refractivity contribution in [2.75, 3.05) is 27.4 Å². The first-order valence-corrected chi connectivity index (χ1v) is 16.5. The highest BCUT2D eigenvalue weighted by molar-refractivity contribution is 5.96. The van der Waals surface area contributed by atoms with Gasteiger partial charge in [-0.05, 0) is 118 Å². The molecule has 0 aromatic rings. The molecule has 4 saturated carbocycles. The summed E-state index contributed by atoms with van der Waals surface area (Å²) in [4.78, 5) is 26.7. The van der Waals surface area contributed by atoms with Crippen LogP contribution in [0.4, 0.5) is 0 Å². The molecule has 7 heteroatoms.